The smallest absolute Gasteiger partial charge is 0.333 e. The van der Waals surface area contributed by atoms with E-state index in [0.29, 0.717) is 50.7 Å². The summed E-state index contributed by atoms with van der Waals surface area (Å²) in [5.74, 6) is 0.301. The highest BCUT2D eigenvalue weighted by molar-refractivity contribution is 8.04. The quantitative estimate of drug-likeness (QED) is 0.254. The van der Waals surface area contributed by atoms with E-state index in [9.17, 15) is 14.4 Å². The molecule has 30 heavy (non-hydrogen) atoms. The standard InChI is InChI=1S/C20H22ClN3O4S2/c1-3-7-24-19(27)14-6-5-13(21)10-15(14)22-20(24)29-9-8-23-16(25)12-30-17(23)11-18(26)28-4-2/h5-6,10-11H,3-4,7-9,12H2,1-2H3. The fourth-order valence-electron chi connectivity index (χ4n) is 2.99. The van der Waals surface area contributed by atoms with Crippen molar-refractivity contribution in [3.63, 3.8) is 0 Å². The van der Waals surface area contributed by atoms with Crippen LogP contribution in [0.15, 0.2) is 39.3 Å². The number of rotatable bonds is 8. The fraction of sp³-hybridized carbons (Fsp3) is 0.400. The molecule has 0 unspecified atom stereocenters. The SMILES string of the molecule is CCCn1c(SCCN2C(=O)CSC2=CC(=O)OCC)nc2cc(Cl)ccc2c1=O. The van der Waals surface area contributed by atoms with Gasteiger partial charge >= 0.3 is 5.97 Å². The summed E-state index contributed by atoms with van der Waals surface area (Å²) in [6, 6.07) is 5.06. The van der Waals surface area contributed by atoms with Crippen LogP contribution in [0.5, 0.6) is 0 Å². The van der Waals surface area contributed by atoms with E-state index < -0.39 is 5.97 Å². The van der Waals surface area contributed by atoms with Gasteiger partial charge in [-0.25, -0.2) is 9.78 Å². The molecule has 1 aliphatic rings. The van der Waals surface area contributed by atoms with Crippen molar-refractivity contribution >= 4 is 57.9 Å². The Balaban J connectivity index is 1.79. The van der Waals surface area contributed by atoms with Gasteiger partial charge in [0.25, 0.3) is 5.56 Å². The molecule has 0 spiro atoms. The van der Waals surface area contributed by atoms with Crippen LogP contribution in [0.25, 0.3) is 10.9 Å². The van der Waals surface area contributed by atoms with Gasteiger partial charge in [-0.1, -0.05) is 42.0 Å². The van der Waals surface area contributed by atoms with Crippen molar-refractivity contribution in [3.05, 3.63) is 44.7 Å². The van der Waals surface area contributed by atoms with Gasteiger partial charge in [0.05, 0.1) is 34.4 Å². The maximum absolute atomic E-state index is 12.9. The number of esters is 1. The van der Waals surface area contributed by atoms with Crippen LogP contribution in [0.2, 0.25) is 5.02 Å². The van der Waals surface area contributed by atoms with Crippen molar-refractivity contribution in [2.75, 3.05) is 24.7 Å². The molecule has 1 saturated heterocycles. The number of hydrogen-bond acceptors (Lipinski definition) is 7. The highest BCUT2D eigenvalue weighted by atomic mass is 35.5. The van der Waals surface area contributed by atoms with E-state index in [1.165, 1.54) is 29.6 Å². The third kappa shape index (κ3) is 5.19. The second-order valence-electron chi connectivity index (χ2n) is 6.43. The van der Waals surface area contributed by atoms with Crippen molar-refractivity contribution < 1.29 is 14.3 Å². The van der Waals surface area contributed by atoms with Gasteiger partial charge in [0.2, 0.25) is 5.91 Å². The predicted octanol–water partition coefficient (Wildman–Crippen LogP) is 3.53. The number of aromatic nitrogens is 2. The minimum atomic E-state index is -0.461. The minimum absolute atomic E-state index is 0.0552. The second-order valence-corrected chi connectivity index (χ2v) is 8.92. The molecule has 0 N–H and O–H groups in total. The third-order valence-electron chi connectivity index (χ3n) is 4.31. The van der Waals surface area contributed by atoms with E-state index in [-0.39, 0.29) is 18.1 Å². The number of thioether (sulfide) groups is 2. The minimum Gasteiger partial charge on any atom is -0.463 e. The van der Waals surface area contributed by atoms with Crippen LogP contribution in [0, 0.1) is 0 Å². The van der Waals surface area contributed by atoms with Crippen LogP contribution < -0.4 is 5.56 Å². The van der Waals surface area contributed by atoms with Crippen LogP contribution in [-0.4, -0.2) is 51.0 Å². The van der Waals surface area contributed by atoms with Crippen molar-refractivity contribution in [3.8, 4) is 0 Å². The summed E-state index contributed by atoms with van der Waals surface area (Å²) in [5, 5.41) is 2.23. The molecule has 0 aliphatic carbocycles. The van der Waals surface area contributed by atoms with Gasteiger partial charge in [0, 0.05) is 23.9 Å². The predicted molar refractivity (Wildman–Crippen MR) is 121 cm³/mol. The largest absolute Gasteiger partial charge is 0.463 e. The molecule has 1 amide bonds. The third-order valence-corrected chi connectivity index (χ3v) is 6.53. The first-order valence-corrected chi connectivity index (χ1v) is 11.9. The van der Waals surface area contributed by atoms with Crippen molar-refractivity contribution in [2.24, 2.45) is 0 Å². The maximum Gasteiger partial charge on any atom is 0.333 e. The topological polar surface area (TPSA) is 81.5 Å². The fourth-order valence-corrected chi connectivity index (χ4v) is 5.06. The van der Waals surface area contributed by atoms with E-state index in [0.717, 1.165) is 6.42 Å². The molecule has 0 atom stereocenters. The van der Waals surface area contributed by atoms with Gasteiger partial charge in [0.1, 0.15) is 0 Å². The molecular formula is C20H22ClN3O4S2. The van der Waals surface area contributed by atoms with Crippen LogP contribution in [0.1, 0.15) is 20.3 Å². The monoisotopic (exact) mass is 467 g/mol. The van der Waals surface area contributed by atoms with Gasteiger partial charge in [-0.2, -0.15) is 0 Å². The van der Waals surface area contributed by atoms with Crippen molar-refractivity contribution in [2.45, 2.75) is 32.0 Å². The Labute approximate surface area is 187 Å². The highest BCUT2D eigenvalue weighted by Gasteiger charge is 2.27. The summed E-state index contributed by atoms with van der Waals surface area (Å²) in [7, 11) is 0. The van der Waals surface area contributed by atoms with E-state index in [4.69, 9.17) is 16.3 Å². The number of halogens is 1. The van der Waals surface area contributed by atoms with Gasteiger partial charge in [-0.3, -0.25) is 14.2 Å². The maximum atomic E-state index is 12.9. The molecule has 160 valence electrons. The van der Waals surface area contributed by atoms with Gasteiger partial charge in [-0.05, 0) is 31.5 Å². The summed E-state index contributed by atoms with van der Waals surface area (Å²) >= 11 is 8.79. The number of amides is 1. The normalized spacial score (nSPS) is 15.4. The first-order valence-electron chi connectivity index (χ1n) is 9.59. The Morgan fingerprint density at radius 1 is 1.33 bits per heavy atom. The molecule has 1 aromatic carbocycles. The number of hydrogen-bond donors (Lipinski definition) is 0. The first-order chi connectivity index (χ1) is 14.4. The van der Waals surface area contributed by atoms with Crippen molar-refractivity contribution in [1.29, 1.82) is 0 Å². The lowest BCUT2D eigenvalue weighted by Gasteiger charge is -2.17. The lowest BCUT2D eigenvalue weighted by Crippen LogP contribution is -2.28. The summed E-state index contributed by atoms with van der Waals surface area (Å²) in [6.07, 6.45) is 2.15. The first kappa shape index (κ1) is 22.7. The molecule has 1 fully saturated rings. The second kappa shape index (κ2) is 10.4. The molecular weight excluding hydrogens is 446 g/mol. The molecule has 2 aromatic rings. The Morgan fingerprint density at radius 2 is 2.13 bits per heavy atom. The molecule has 0 saturated carbocycles. The Morgan fingerprint density at radius 3 is 2.87 bits per heavy atom. The van der Waals surface area contributed by atoms with Crippen LogP contribution >= 0.6 is 35.1 Å². The highest BCUT2D eigenvalue weighted by Crippen LogP contribution is 2.29. The molecule has 2 heterocycles. The van der Waals surface area contributed by atoms with E-state index >= 15 is 0 Å². The number of nitrogens with zero attached hydrogens (tertiary/aromatic N) is 3. The molecule has 1 aromatic heterocycles. The number of carbonyl (C=O) groups is 2. The van der Waals surface area contributed by atoms with Gasteiger partial charge in [-0.15, -0.1) is 0 Å². The number of ether oxygens (including phenoxy) is 1. The summed E-state index contributed by atoms with van der Waals surface area (Å²) in [5.41, 5.74) is 0.453. The zero-order chi connectivity index (χ0) is 21.7. The average Bonchev–Trinajstić information content (AvgIpc) is 3.04. The number of benzene rings is 1. The lowest BCUT2D eigenvalue weighted by molar-refractivity contribution is -0.137. The zero-order valence-electron chi connectivity index (χ0n) is 16.7. The summed E-state index contributed by atoms with van der Waals surface area (Å²) in [4.78, 5) is 43.1. The lowest BCUT2D eigenvalue weighted by atomic mass is 10.2. The van der Waals surface area contributed by atoms with Crippen LogP contribution in [-0.2, 0) is 20.9 Å². The van der Waals surface area contributed by atoms with E-state index in [1.54, 1.807) is 34.6 Å². The summed E-state index contributed by atoms with van der Waals surface area (Å²) in [6.45, 7) is 4.97. The Hall–Kier alpha value is -1.97. The number of fused-ring (bicyclic) bond motifs is 1. The van der Waals surface area contributed by atoms with Crippen LogP contribution in [0.3, 0.4) is 0 Å². The van der Waals surface area contributed by atoms with Crippen LogP contribution in [0.4, 0.5) is 0 Å². The Bertz CT molecular complexity index is 1050. The molecule has 10 heteroatoms. The average molecular weight is 468 g/mol. The molecule has 7 nitrogen and oxygen atoms in total. The van der Waals surface area contributed by atoms with Crippen molar-refractivity contribution in [1.82, 2.24) is 14.5 Å². The van der Waals surface area contributed by atoms with E-state index in [2.05, 4.69) is 4.98 Å². The molecule has 3 rings (SSSR count). The molecule has 1 aliphatic heterocycles. The Kier molecular flexibility index (Phi) is 7.85. The molecule has 0 bridgehead atoms. The van der Waals surface area contributed by atoms with Gasteiger partial charge in [0.15, 0.2) is 5.16 Å². The summed E-state index contributed by atoms with van der Waals surface area (Å²) < 4.78 is 6.60. The van der Waals surface area contributed by atoms with Gasteiger partial charge < -0.3 is 9.64 Å². The molecule has 0 radical (unpaired) electrons. The number of carbonyl (C=O) groups excluding carboxylic acids is 2. The zero-order valence-corrected chi connectivity index (χ0v) is 19.1. The van der Waals surface area contributed by atoms with E-state index in [1.807, 2.05) is 6.92 Å².